The molecule has 0 aliphatic carbocycles. The topological polar surface area (TPSA) is 84.8 Å². The lowest BCUT2D eigenvalue weighted by molar-refractivity contribution is -0.323. The van der Waals surface area contributed by atoms with Gasteiger partial charge in [0.05, 0.1) is 5.71 Å². The molecule has 0 fully saturated rings. The molecule has 16 heavy (non-hydrogen) atoms. The quantitative estimate of drug-likeness (QED) is 0.694. The van der Waals surface area contributed by atoms with Crippen molar-refractivity contribution < 1.29 is 23.6 Å². The maximum absolute atomic E-state index is 12.6. The fourth-order valence-electron chi connectivity index (χ4n) is 1.35. The highest BCUT2D eigenvalue weighted by molar-refractivity contribution is 7.49. The van der Waals surface area contributed by atoms with Crippen molar-refractivity contribution in [1.29, 1.82) is 0 Å². The van der Waals surface area contributed by atoms with E-state index in [0.717, 1.165) is 0 Å². The predicted octanol–water partition coefficient (Wildman–Crippen LogP) is 0.190. The van der Waals surface area contributed by atoms with Gasteiger partial charge in [0.1, 0.15) is 5.82 Å². The molecule has 5 nitrogen and oxygen atoms in total. The molecule has 1 aromatic rings. The number of rotatable bonds is 2. The smallest absolute Gasteiger partial charge is 0.158 e. The Hall–Kier alpha value is -1.23. The zero-order chi connectivity index (χ0) is 11.8. The van der Waals surface area contributed by atoms with E-state index in [1.54, 1.807) is 0 Å². The number of hydrogen-bond acceptors (Lipinski definition) is 5. The summed E-state index contributed by atoms with van der Waals surface area (Å²) in [5.74, 6) is -1.86. The Kier molecular flexibility index (Phi) is 2.80. The molecule has 0 saturated carbocycles. The van der Waals surface area contributed by atoms with Gasteiger partial charge in [-0.05, 0) is 25.3 Å². The summed E-state index contributed by atoms with van der Waals surface area (Å²) in [5, 5.41) is 3.51. The molecule has 1 heterocycles. The predicted molar refractivity (Wildman–Crippen MR) is 50.0 cm³/mol. The number of nitrogens with zero attached hydrogens (tertiary/aromatic N) is 1. The lowest BCUT2D eigenvalue weighted by Crippen LogP contribution is -2.26. The summed E-state index contributed by atoms with van der Waals surface area (Å²) in [6.45, 7) is 0. The van der Waals surface area contributed by atoms with Crippen LogP contribution in [0.15, 0.2) is 29.4 Å². The van der Waals surface area contributed by atoms with Crippen molar-refractivity contribution in [2.75, 3.05) is 0 Å². The molecule has 0 bridgehead atoms. The van der Waals surface area contributed by atoms with Gasteiger partial charge in [0, 0.05) is 6.42 Å². The first-order valence-corrected chi connectivity index (χ1v) is 6.08. The summed E-state index contributed by atoms with van der Waals surface area (Å²) in [4.78, 5) is 25.9. The van der Waals surface area contributed by atoms with Crippen LogP contribution in [0.3, 0.4) is 0 Å². The number of hydrogen-bond donors (Lipinski definition) is 0. The van der Waals surface area contributed by atoms with Crippen LogP contribution in [0.1, 0.15) is 12.0 Å². The number of oxime groups is 1. The van der Waals surface area contributed by atoms with Crippen LogP contribution in [0.25, 0.3) is 0 Å². The molecule has 7 heteroatoms. The molecule has 2 rings (SSSR count). The van der Waals surface area contributed by atoms with Crippen molar-refractivity contribution in [3.05, 3.63) is 35.6 Å². The number of benzene rings is 1. The molecule has 0 spiro atoms. The summed E-state index contributed by atoms with van der Waals surface area (Å²) in [5.41, 5.74) is 0.870. The van der Waals surface area contributed by atoms with Gasteiger partial charge in [-0.15, -0.1) is 0 Å². The normalized spacial score (nSPS) is 20.4. The Labute approximate surface area is 90.7 Å². The molecular formula is C9H7FNO4P-2. The summed E-state index contributed by atoms with van der Waals surface area (Å²) in [7, 11) is -4.79. The molecule has 86 valence electrons. The van der Waals surface area contributed by atoms with Crippen LogP contribution >= 0.6 is 7.60 Å². The minimum Gasteiger partial charge on any atom is -0.808 e. The van der Waals surface area contributed by atoms with Crippen LogP contribution < -0.4 is 9.79 Å². The van der Waals surface area contributed by atoms with E-state index >= 15 is 0 Å². The maximum Gasteiger partial charge on any atom is 0.158 e. The second-order valence-corrected chi connectivity index (χ2v) is 5.00. The van der Waals surface area contributed by atoms with E-state index < -0.39 is 19.3 Å². The fraction of sp³-hybridized carbons (Fsp3) is 0.222. The average Bonchev–Trinajstić information content (AvgIpc) is 2.67. The second-order valence-electron chi connectivity index (χ2n) is 3.35. The third kappa shape index (κ3) is 2.29. The van der Waals surface area contributed by atoms with Crippen LogP contribution in [0.5, 0.6) is 0 Å². The third-order valence-electron chi connectivity index (χ3n) is 2.18. The van der Waals surface area contributed by atoms with E-state index in [0.29, 0.717) is 11.3 Å². The van der Waals surface area contributed by atoms with Gasteiger partial charge >= 0.3 is 0 Å². The van der Waals surface area contributed by atoms with Crippen molar-refractivity contribution >= 4 is 13.3 Å². The molecular weight excluding hydrogens is 236 g/mol. The average molecular weight is 243 g/mol. The van der Waals surface area contributed by atoms with Crippen LogP contribution in [-0.2, 0) is 9.40 Å². The monoisotopic (exact) mass is 243 g/mol. The van der Waals surface area contributed by atoms with Gasteiger partial charge in [0.15, 0.2) is 5.85 Å². The fourth-order valence-corrected chi connectivity index (χ4v) is 1.91. The molecule has 0 radical (unpaired) electrons. The Balaban J connectivity index is 2.15. The minimum atomic E-state index is -4.79. The second kappa shape index (κ2) is 3.97. The maximum atomic E-state index is 12.6. The zero-order valence-electron chi connectivity index (χ0n) is 8.00. The van der Waals surface area contributed by atoms with E-state index in [1.165, 1.54) is 24.3 Å². The molecule has 1 aliphatic rings. The van der Waals surface area contributed by atoms with E-state index in [1.807, 2.05) is 0 Å². The van der Waals surface area contributed by atoms with Gasteiger partial charge in [0.2, 0.25) is 0 Å². The van der Waals surface area contributed by atoms with Gasteiger partial charge in [-0.2, -0.15) is 0 Å². The Bertz CT molecular complexity index is 467. The van der Waals surface area contributed by atoms with Crippen LogP contribution in [0.2, 0.25) is 0 Å². The molecule has 0 amide bonds. The molecule has 1 unspecified atom stereocenters. The standard InChI is InChI=1S/C9H9FNO4P/c10-7-3-1-6(2-4-7)8-5-9(15-11-8)16(12,13)14/h1-4,9H,5H2,(H2,12,13,14)/p-2. The van der Waals surface area contributed by atoms with Gasteiger partial charge < -0.3 is 19.2 Å². The molecule has 0 aromatic heterocycles. The van der Waals surface area contributed by atoms with Crippen LogP contribution in [0, 0.1) is 5.82 Å². The van der Waals surface area contributed by atoms with Crippen molar-refractivity contribution in [1.82, 2.24) is 0 Å². The van der Waals surface area contributed by atoms with Crippen molar-refractivity contribution in [2.24, 2.45) is 5.16 Å². The SMILES string of the molecule is O=P([O-])([O-])C1CC(c2ccc(F)cc2)=NO1. The van der Waals surface area contributed by atoms with Gasteiger partial charge in [0.25, 0.3) is 0 Å². The van der Waals surface area contributed by atoms with E-state index in [4.69, 9.17) is 0 Å². The van der Waals surface area contributed by atoms with Gasteiger partial charge in [-0.1, -0.05) is 17.3 Å². The van der Waals surface area contributed by atoms with E-state index in [9.17, 15) is 18.7 Å². The first-order valence-electron chi connectivity index (χ1n) is 4.47. The lowest BCUT2D eigenvalue weighted by Gasteiger charge is -2.33. The molecule has 0 saturated heterocycles. The first kappa shape index (κ1) is 11.3. The largest absolute Gasteiger partial charge is 0.808 e. The van der Waals surface area contributed by atoms with Crippen LogP contribution in [-0.4, -0.2) is 11.6 Å². The lowest BCUT2D eigenvalue weighted by atomic mass is 10.1. The van der Waals surface area contributed by atoms with E-state index in [-0.39, 0.29) is 6.42 Å². The number of halogens is 1. The Morgan fingerprint density at radius 1 is 1.38 bits per heavy atom. The third-order valence-corrected chi connectivity index (χ3v) is 3.16. The van der Waals surface area contributed by atoms with Crippen molar-refractivity contribution in [3.8, 4) is 0 Å². The Morgan fingerprint density at radius 3 is 2.50 bits per heavy atom. The summed E-state index contributed by atoms with van der Waals surface area (Å²) in [6.07, 6.45) is -0.101. The molecule has 1 aliphatic heterocycles. The first-order chi connectivity index (χ1) is 7.47. The highest BCUT2D eigenvalue weighted by atomic mass is 31.2. The molecule has 0 N–H and O–H groups in total. The summed E-state index contributed by atoms with van der Waals surface area (Å²) < 4.78 is 23.3. The van der Waals surface area contributed by atoms with Crippen LogP contribution in [0.4, 0.5) is 4.39 Å². The van der Waals surface area contributed by atoms with Crippen molar-refractivity contribution in [3.63, 3.8) is 0 Å². The van der Waals surface area contributed by atoms with E-state index in [2.05, 4.69) is 9.99 Å². The zero-order valence-corrected chi connectivity index (χ0v) is 8.89. The van der Waals surface area contributed by atoms with Gasteiger partial charge in [-0.25, -0.2) is 4.39 Å². The van der Waals surface area contributed by atoms with Gasteiger partial charge in [-0.3, -0.25) is 0 Å². The molecule has 1 aromatic carbocycles. The Morgan fingerprint density at radius 2 is 2.00 bits per heavy atom. The minimum absolute atomic E-state index is 0.101. The molecule has 1 atom stereocenters. The summed E-state index contributed by atoms with van der Waals surface area (Å²) >= 11 is 0. The highest BCUT2D eigenvalue weighted by Gasteiger charge is 2.24. The summed E-state index contributed by atoms with van der Waals surface area (Å²) in [6, 6.07) is 5.33. The highest BCUT2D eigenvalue weighted by Crippen LogP contribution is 2.38. The van der Waals surface area contributed by atoms with Crippen molar-refractivity contribution in [2.45, 2.75) is 12.3 Å².